The van der Waals surface area contributed by atoms with Gasteiger partial charge in [-0.2, -0.15) is 4.37 Å². The Hall–Kier alpha value is -1.52. The zero-order valence-electron chi connectivity index (χ0n) is 8.95. The smallest absolute Gasteiger partial charge is 0.336 e. The van der Waals surface area contributed by atoms with Crippen molar-refractivity contribution >= 4 is 44.0 Å². The molecule has 10 heteroatoms. The van der Waals surface area contributed by atoms with Crippen LogP contribution in [0.1, 0.15) is 16.2 Å². The molecular formula is C8H7N3O4S3. The summed E-state index contributed by atoms with van der Waals surface area (Å²) in [6.07, 6.45) is 0. The van der Waals surface area contributed by atoms with E-state index in [0.717, 1.165) is 28.9 Å². The van der Waals surface area contributed by atoms with Crippen LogP contribution < -0.4 is 4.72 Å². The van der Waals surface area contributed by atoms with Gasteiger partial charge in [-0.15, -0.1) is 11.3 Å². The summed E-state index contributed by atoms with van der Waals surface area (Å²) in [4.78, 5) is 14.5. The number of aromatic nitrogens is 2. The van der Waals surface area contributed by atoms with Gasteiger partial charge in [0.25, 0.3) is 10.0 Å². The molecular weight excluding hydrogens is 298 g/mol. The van der Waals surface area contributed by atoms with E-state index >= 15 is 0 Å². The van der Waals surface area contributed by atoms with E-state index < -0.39 is 16.0 Å². The number of aryl methyl sites for hydroxylation is 1. The molecule has 2 N–H and O–H groups in total. The zero-order valence-corrected chi connectivity index (χ0v) is 11.4. The molecule has 0 amide bonds. The molecule has 0 spiro atoms. The summed E-state index contributed by atoms with van der Waals surface area (Å²) in [5.41, 5.74) is -0.0613. The van der Waals surface area contributed by atoms with E-state index in [1.54, 1.807) is 6.92 Å². The number of hydrogen-bond acceptors (Lipinski definition) is 7. The van der Waals surface area contributed by atoms with Crippen LogP contribution in [0.25, 0.3) is 0 Å². The van der Waals surface area contributed by atoms with E-state index in [4.69, 9.17) is 5.11 Å². The minimum atomic E-state index is -3.80. The Morgan fingerprint density at radius 1 is 1.50 bits per heavy atom. The lowest BCUT2D eigenvalue weighted by Crippen LogP contribution is -2.11. The average molecular weight is 305 g/mol. The first-order chi connectivity index (χ1) is 8.38. The van der Waals surface area contributed by atoms with Gasteiger partial charge < -0.3 is 5.11 Å². The maximum atomic E-state index is 11.9. The number of hydrogen-bond donors (Lipinski definition) is 2. The third kappa shape index (κ3) is 2.66. The first kappa shape index (κ1) is 12.9. The Bertz CT molecular complexity index is 688. The van der Waals surface area contributed by atoms with Gasteiger partial charge >= 0.3 is 5.97 Å². The monoisotopic (exact) mass is 305 g/mol. The van der Waals surface area contributed by atoms with Gasteiger partial charge in [0.2, 0.25) is 5.13 Å². The van der Waals surface area contributed by atoms with Crippen LogP contribution in [0.3, 0.4) is 0 Å². The van der Waals surface area contributed by atoms with Crippen LogP contribution in [-0.4, -0.2) is 28.9 Å². The van der Waals surface area contributed by atoms with E-state index in [-0.39, 0.29) is 14.9 Å². The Morgan fingerprint density at radius 2 is 2.22 bits per heavy atom. The number of sulfonamides is 1. The van der Waals surface area contributed by atoms with Crippen LogP contribution in [0.5, 0.6) is 0 Å². The molecule has 0 radical (unpaired) electrons. The molecule has 0 unspecified atom stereocenters. The molecule has 2 aromatic rings. The van der Waals surface area contributed by atoms with E-state index in [1.165, 1.54) is 5.38 Å². The zero-order chi connectivity index (χ0) is 13.3. The SMILES string of the molecule is Cc1nsc(NS(=O)(=O)c2cc(C(=O)O)cs2)n1. The lowest BCUT2D eigenvalue weighted by atomic mass is 10.4. The molecule has 0 aliphatic heterocycles. The van der Waals surface area contributed by atoms with Crippen molar-refractivity contribution in [1.82, 2.24) is 9.36 Å². The summed E-state index contributed by atoms with van der Waals surface area (Å²) in [6, 6.07) is 1.10. The van der Waals surface area contributed by atoms with Crippen LogP contribution in [0.2, 0.25) is 0 Å². The summed E-state index contributed by atoms with van der Waals surface area (Å²) < 4.78 is 29.8. The molecule has 96 valence electrons. The number of rotatable bonds is 4. The highest BCUT2D eigenvalue weighted by molar-refractivity contribution is 7.94. The maximum Gasteiger partial charge on any atom is 0.336 e. The molecule has 0 saturated carbocycles. The Morgan fingerprint density at radius 3 is 2.72 bits per heavy atom. The van der Waals surface area contributed by atoms with Gasteiger partial charge in [-0.05, 0) is 13.0 Å². The third-order valence-corrected chi connectivity index (χ3v) is 5.47. The van der Waals surface area contributed by atoms with Crippen molar-refractivity contribution in [3.63, 3.8) is 0 Å². The summed E-state index contributed by atoms with van der Waals surface area (Å²) in [7, 11) is -3.80. The van der Waals surface area contributed by atoms with Crippen LogP contribution in [0.15, 0.2) is 15.7 Å². The van der Waals surface area contributed by atoms with Crippen molar-refractivity contribution < 1.29 is 18.3 Å². The predicted molar refractivity (Wildman–Crippen MR) is 66.7 cm³/mol. The van der Waals surface area contributed by atoms with Gasteiger partial charge in [-0.1, -0.05) is 0 Å². The molecule has 0 bridgehead atoms. The van der Waals surface area contributed by atoms with Gasteiger partial charge in [0.15, 0.2) is 0 Å². The highest BCUT2D eigenvalue weighted by Crippen LogP contribution is 2.23. The molecule has 2 rings (SSSR count). The standard InChI is InChI=1S/C8H7N3O4S3/c1-4-9-8(17-10-4)11-18(14,15)6-2-5(3-16-6)7(12)13/h2-3H,1H3,(H,12,13)(H,9,10,11). The number of anilines is 1. The summed E-state index contributed by atoms with van der Waals surface area (Å²) in [5, 5.41) is 10.1. The summed E-state index contributed by atoms with van der Waals surface area (Å²) >= 11 is 1.76. The average Bonchev–Trinajstić information content (AvgIpc) is 2.86. The van der Waals surface area contributed by atoms with E-state index in [2.05, 4.69) is 14.1 Å². The Labute approximate surface area is 110 Å². The maximum absolute atomic E-state index is 11.9. The Kier molecular flexibility index (Phi) is 3.32. The Balaban J connectivity index is 2.27. The number of thiophene rings is 1. The minimum Gasteiger partial charge on any atom is -0.478 e. The van der Waals surface area contributed by atoms with E-state index in [1.807, 2.05) is 0 Å². The molecule has 18 heavy (non-hydrogen) atoms. The molecule has 7 nitrogen and oxygen atoms in total. The van der Waals surface area contributed by atoms with E-state index in [0.29, 0.717) is 5.82 Å². The second-order valence-corrected chi connectivity index (χ2v) is 6.78. The molecule has 0 aliphatic carbocycles. The summed E-state index contributed by atoms with van der Waals surface area (Å²) in [5.74, 6) is -0.699. The van der Waals surface area contributed by atoms with Gasteiger partial charge in [-0.25, -0.2) is 18.2 Å². The highest BCUT2D eigenvalue weighted by Gasteiger charge is 2.20. The quantitative estimate of drug-likeness (QED) is 0.883. The van der Waals surface area contributed by atoms with Crippen LogP contribution in [0, 0.1) is 6.92 Å². The van der Waals surface area contributed by atoms with Crippen molar-refractivity contribution in [2.75, 3.05) is 4.72 Å². The molecule has 0 saturated heterocycles. The van der Waals surface area contributed by atoms with Crippen LogP contribution in [0.4, 0.5) is 5.13 Å². The van der Waals surface area contributed by atoms with Gasteiger partial charge in [-0.3, -0.25) is 4.72 Å². The lowest BCUT2D eigenvalue weighted by Gasteiger charge is -2.00. The van der Waals surface area contributed by atoms with Crippen molar-refractivity contribution in [1.29, 1.82) is 0 Å². The van der Waals surface area contributed by atoms with Gasteiger partial charge in [0, 0.05) is 16.9 Å². The van der Waals surface area contributed by atoms with Crippen molar-refractivity contribution in [2.45, 2.75) is 11.1 Å². The second-order valence-electron chi connectivity index (χ2n) is 3.21. The first-order valence-corrected chi connectivity index (χ1v) is 7.67. The minimum absolute atomic E-state index is 0.0613. The van der Waals surface area contributed by atoms with Gasteiger partial charge in [0.1, 0.15) is 10.0 Å². The number of carbonyl (C=O) groups is 1. The fourth-order valence-corrected chi connectivity index (χ4v) is 4.03. The van der Waals surface area contributed by atoms with Crippen LogP contribution >= 0.6 is 22.9 Å². The molecule has 0 aliphatic rings. The number of nitrogens with zero attached hydrogens (tertiary/aromatic N) is 2. The number of carboxylic acids is 1. The van der Waals surface area contributed by atoms with Crippen molar-refractivity contribution in [3.05, 3.63) is 22.8 Å². The van der Waals surface area contributed by atoms with Gasteiger partial charge in [0.05, 0.1) is 5.56 Å². The van der Waals surface area contributed by atoms with Crippen LogP contribution in [-0.2, 0) is 10.0 Å². The first-order valence-electron chi connectivity index (χ1n) is 4.53. The third-order valence-electron chi connectivity index (χ3n) is 1.84. The number of nitrogens with one attached hydrogen (secondary N) is 1. The topological polar surface area (TPSA) is 109 Å². The van der Waals surface area contributed by atoms with E-state index in [9.17, 15) is 13.2 Å². The summed E-state index contributed by atoms with van der Waals surface area (Å²) in [6.45, 7) is 1.64. The number of carboxylic acid groups (broad SMARTS) is 1. The van der Waals surface area contributed by atoms with Crippen molar-refractivity contribution in [2.24, 2.45) is 0 Å². The molecule has 0 aromatic carbocycles. The molecule has 0 atom stereocenters. The number of aromatic carboxylic acids is 1. The fourth-order valence-electron chi connectivity index (χ4n) is 1.07. The second kappa shape index (κ2) is 4.63. The molecule has 2 heterocycles. The van der Waals surface area contributed by atoms with Crippen molar-refractivity contribution in [3.8, 4) is 0 Å². The highest BCUT2D eigenvalue weighted by atomic mass is 32.2. The normalized spacial score (nSPS) is 11.4. The molecule has 0 fully saturated rings. The largest absolute Gasteiger partial charge is 0.478 e. The molecule has 2 aromatic heterocycles. The fraction of sp³-hybridized carbons (Fsp3) is 0.125. The predicted octanol–water partition coefficient (Wildman–Crippen LogP) is 1.41. The lowest BCUT2D eigenvalue weighted by molar-refractivity contribution is 0.0697.